The van der Waals surface area contributed by atoms with Crippen molar-refractivity contribution in [2.24, 2.45) is 0 Å². The molecule has 1 aliphatic rings. The molecule has 3 aromatic rings. The third kappa shape index (κ3) is 2.75. The molecule has 1 fully saturated rings. The first kappa shape index (κ1) is 13.5. The van der Waals surface area contributed by atoms with Crippen LogP contribution in [0.3, 0.4) is 0 Å². The molecule has 6 nitrogen and oxygen atoms in total. The number of fused-ring (bicyclic) bond motifs is 1. The topological polar surface area (TPSA) is 47.6 Å². The molecule has 0 bridgehead atoms. The second-order valence-corrected chi connectivity index (χ2v) is 5.55. The Bertz CT molecular complexity index is 757. The first-order chi connectivity index (χ1) is 10.9. The van der Waals surface area contributed by atoms with Crippen LogP contribution in [0.5, 0.6) is 0 Å². The van der Waals surface area contributed by atoms with E-state index in [0.717, 1.165) is 56.2 Å². The van der Waals surface area contributed by atoms with Gasteiger partial charge in [0.15, 0.2) is 0 Å². The molecule has 114 valence electrons. The molecule has 0 aromatic carbocycles. The van der Waals surface area contributed by atoms with E-state index in [4.69, 9.17) is 4.74 Å². The third-order valence-electron chi connectivity index (χ3n) is 4.11. The Hall–Kier alpha value is -2.18. The number of morpholine rings is 1. The largest absolute Gasteiger partial charge is 0.379 e. The van der Waals surface area contributed by atoms with Gasteiger partial charge in [0.2, 0.25) is 0 Å². The summed E-state index contributed by atoms with van der Waals surface area (Å²) in [4.78, 5) is 6.74. The SMILES string of the molecule is c1cn2ccc(-c3cnn(CCN4CCOCC4)c3)cc2n1. The monoisotopic (exact) mass is 297 g/mol. The smallest absolute Gasteiger partial charge is 0.137 e. The van der Waals surface area contributed by atoms with Crippen LogP contribution in [-0.4, -0.2) is 56.9 Å². The predicted octanol–water partition coefficient (Wildman–Crippen LogP) is 1.53. The van der Waals surface area contributed by atoms with Crippen LogP contribution >= 0.6 is 0 Å². The van der Waals surface area contributed by atoms with Gasteiger partial charge in [0.05, 0.1) is 26.0 Å². The fourth-order valence-corrected chi connectivity index (χ4v) is 2.79. The van der Waals surface area contributed by atoms with E-state index in [9.17, 15) is 0 Å². The van der Waals surface area contributed by atoms with E-state index in [1.165, 1.54) is 0 Å². The van der Waals surface area contributed by atoms with E-state index in [1.54, 1.807) is 0 Å². The zero-order valence-electron chi connectivity index (χ0n) is 12.4. The van der Waals surface area contributed by atoms with Crippen LogP contribution in [0.1, 0.15) is 0 Å². The average molecular weight is 297 g/mol. The van der Waals surface area contributed by atoms with Gasteiger partial charge in [0.25, 0.3) is 0 Å². The summed E-state index contributed by atoms with van der Waals surface area (Å²) in [6.07, 6.45) is 9.82. The van der Waals surface area contributed by atoms with Crippen molar-refractivity contribution in [3.63, 3.8) is 0 Å². The molecule has 6 heteroatoms. The second-order valence-electron chi connectivity index (χ2n) is 5.55. The van der Waals surface area contributed by atoms with Crippen LogP contribution in [0.15, 0.2) is 43.1 Å². The lowest BCUT2D eigenvalue weighted by molar-refractivity contribution is 0.0360. The van der Waals surface area contributed by atoms with Crippen molar-refractivity contribution in [3.8, 4) is 11.1 Å². The number of ether oxygens (including phenoxy) is 1. The van der Waals surface area contributed by atoms with Crippen LogP contribution in [0, 0.1) is 0 Å². The molecular weight excluding hydrogens is 278 g/mol. The van der Waals surface area contributed by atoms with Gasteiger partial charge in [-0.3, -0.25) is 9.58 Å². The average Bonchev–Trinajstić information content (AvgIpc) is 3.22. The van der Waals surface area contributed by atoms with Crippen molar-refractivity contribution in [3.05, 3.63) is 43.1 Å². The second kappa shape index (κ2) is 5.90. The number of nitrogens with zero attached hydrogens (tertiary/aromatic N) is 5. The molecule has 0 amide bonds. The van der Waals surface area contributed by atoms with E-state index in [1.807, 2.05) is 33.9 Å². The molecule has 0 unspecified atom stereocenters. The van der Waals surface area contributed by atoms with Crippen molar-refractivity contribution < 1.29 is 4.74 Å². The first-order valence-electron chi connectivity index (χ1n) is 7.64. The Morgan fingerprint density at radius 2 is 2.00 bits per heavy atom. The maximum Gasteiger partial charge on any atom is 0.137 e. The standard InChI is InChI=1S/C16H19N5O/c1-3-20-4-2-17-16(20)11-14(1)15-12-18-21(13-15)6-5-19-7-9-22-10-8-19/h1-4,11-13H,5-10H2. The summed E-state index contributed by atoms with van der Waals surface area (Å²) in [5, 5.41) is 4.48. The Labute approximate surface area is 128 Å². The fourth-order valence-electron chi connectivity index (χ4n) is 2.79. The summed E-state index contributed by atoms with van der Waals surface area (Å²) in [5.74, 6) is 0. The lowest BCUT2D eigenvalue weighted by Crippen LogP contribution is -2.38. The van der Waals surface area contributed by atoms with Crippen LogP contribution in [0.2, 0.25) is 0 Å². The highest BCUT2D eigenvalue weighted by molar-refractivity contribution is 5.65. The molecule has 4 rings (SSSR count). The molecule has 0 N–H and O–H groups in total. The molecule has 22 heavy (non-hydrogen) atoms. The summed E-state index contributed by atoms with van der Waals surface area (Å²) in [6, 6.07) is 4.18. The van der Waals surface area contributed by atoms with Gasteiger partial charge in [-0.25, -0.2) is 4.98 Å². The molecule has 1 aliphatic heterocycles. The number of pyridine rings is 1. The highest BCUT2D eigenvalue weighted by atomic mass is 16.5. The van der Waals surface area contributed by atoms with Crippen LogP contribution in [-0.2, 0) is 11.3 Å². The zero-order valence-corrected chi connectivity index (χ0v) is 12.4. The molecule has 0 radical (unpaired) electrons. The van der Waals surface area contributed by atoms with Gasteiger partial charge in [0.1, 0.15) is 5.65 Å². The van der Waals surface area contributed by atoms with Crippen molar-refractivity contribution in [1.29, 1.82) is 0 Å². The normalized spacial score (nSPS) is 16.4. The summed E-state index contributed by atoms with van der Waals surface area (Å²) in [6.45, 7) is 5.65. The Morgan fingerprint density at radius 1 is 1.09 bits per heavy atom. The maximum absolute atomic E-state index is 5.37. The maximum atomic E-state index is 5.37. The van der Waals surface area contributed by atoms with E-state index in [2.05, 4.69) is 33.3 Å². The molecule has 0 atom stereocenters. The molecule has 4 heterocycles. The lowest BCUT2D eigenvalue weighted by Gasteiger charge is -2.26. The summed E-state index contributed by atoms with van der Waals surface area (Å²) in [5.41, 5.74) is 3.24. The molecule has 1 saturated heterocycles. The van der Waals surface area contributed by atoms with Gasteiger partial charge >= 0.3 is 0 Å². The molecule has 0 spiro atoms. The number of hydrogen-bond donors (Lipinski definition) is 0. The van der Waals surface area contributed by atoms with Gasteiger partial charge in [-0.05, 0) is 17.7 Å². The van der Waals surface area contributed by atoms with Gasteiger partial charge in [-0.1, -0.05) is 0 Å². The van der Waals surface area contributed by atoms with Crippen molar-refractivity contribution in [2.75, 3.05) is 32.8 Å². The molecule has 3 aromatic heterocycles. The van der Waals surface area contributed by atoms with Gasteiger partial charge in [-0.15, -0.1) is 0 Å². The minimum Gasteiger partial charge on any atom is -0.379 e. The van der Waals surface area contributed by atoms with Gasteiger partial charge in [-0.2, -0.15) is 5.10 Å². The number of aromatic nitrogens is 4. The highest BCUT2D eigenvalue weighted by Gasteiger charge is 2.10. The number of hydrogen-bond acceptors (Lipinski definition) is 4. The zero-order chi connectivity index (χ0) is 14.8. The predicted molar refractivity (Wildman–Crippen MR) is 83.7 cm³/mol. The van der Waals surface area contributed by atoms with E-state index >= 15 is 0 Å². The van der Waals surface area contributed by atoms with Crippen molar-refractivity contribution in [2.45, 2.75) is 6.54 Å². The van der Waals surface area contributed by atoms with Crippen LogP contribution in [0.4, 0.5) is 0 Å². The summed E-state index contributed by atoms with van der Waals surface area (Å²) in [7, 11) is 0. The highest BCUT2D eigenvalue weighted by Crippen LogP contribution is 2.19. The minimum absolute atomic E-state index is 0.842. The molecular formula is C16H19N5O. The Kier molecular flexibility index (Phi) is 3.62. The lowest BCUT2D eigenvalue weighted by atomic mass is 10.1. The molecule has 0 saturated carbocycles. The number of imidazole rings is 1. The van der Waals surface area contributed by atoms with Crippen molar-refractivity contribution >= 4 is 5.65 Å². The summed E-state index contributed by atoms with van der Waals surface area (Å²) >= 11 is 0. The van der Waals surface area contributed by atoms with E-state index in [-0.39, 0.29) is 0 Å². The Morgan fingerprint density at radius 3 is 2.91 bits per heavy atom. The first-order valence-corrected chi connectivity index (χ1v) is 7.64. The fraction of sp³-hybridized carbons (Fsp3) is 0.375. The van der Waals surface area contributed by atoms with E-state index < -0.39 is 0 Å². The van der Waals surface area contributed by atoms with Crippen LogP contribution < -0.4 is 0 Å². The van der Waals surface area contributed by atoms with Gasteiger partial charge in [0, 0.05) is 50.0 Å². The van der Waals surface area contributed by atoms with E-state index in [0.29, 0.717) is 0 Å². The number of rotatable bonds is 4. The van der Waals surface area contributed by atoms with Crippen molar-refractivity contribution in [1.82, 2.24) is 24.1 Å². The third-order valence-corrected chi connectivity index (χ3v) is 4.11. The van der Waals surface area contributed by atoms with Gasteiger partial charge < -0.3 is 9.14 Å². The quantitative estimate of drug-likeness (QED) is 0.733. The minimum atomic E-state index is 0.842. The van der Waals surface area contributed by atoms with Crippen LogP contribution in [0.25, 0.3) is 16.8 Å². The summed E-state index contributed by atoms with van der Waals surface area (Å²) < 4.78 is 9.39. The Balaban J connectivity index is 1.46. The molecule has 0 aliphatic carbocycles.